The van der Waals surface area contributed by atoms with Gasteiger partial charge in [-0.3, -0.25) is 9.59 Å². The lowest BCUT2D eigenvalue weighted by molar-refractivity contribution is -0.128. The molecule has 0 aromatic heterocycles. The van der Waals surface area contributed by atoms with Gasteiger partial charge in [0.05, 0.1) is 5.75 Å². The summed E-state index contributed by atoms with van der Waals surface area (Å²) in [5, 5.41) is 5.36. The Labute approximate surface area is 120 Å². The summed E-state index contributed by atoms with van der Waals surface area (Å²) in [5.74, 6) is -0.391. The highest BCUT2D eigenvalue weighted by Gasteiger charge is 2.28. The van der Waals surface area contributed by atoms with Crippen molar-refractivity contribution in [3.63, 3.8) is 0 Å². The molecular formula is C12H23N3O4S. The Kier molecular flexibility index (Phi) is 5.94. The second-order valence-electron chi connectivity index (χ2n) is 5.00. The first-order valence-electron chi connectivity index (χ1n) is 6.81. The molecule has 2 N–H and O–H groups in total. The average molecular weight is 305 g/mol. The minimum atomic E-state index is -3.14. The van der Waals surface area contributed by atoms with Gasteiger partial charge in [0.25, 0.3) is 0 Å². The number of carbonyl (C=O) groups is 2. The molecule has 0 bridgehead atoms. The third-order valence-corrected chi connectivity index (χ3v) is 5.25. The van der Waals surface area contributed by atoms with Crippen molar-refractivity contribution in [1.82, 2.24) is 14.9 Å². The van der Waals surface area contributed by atoms with Gasteiger partial charge in [-0.25, -0.2) is 12.7 Å². The third-order valence-electron chi connectivity index (χ3n) is 3.37. The summed E-state index contributed by atoms with van der Waals surface area (Å²) in [6.45, 7) is 5.45. The third kappa shape index (κ3) is 4.75. The number of nitrogens with one attached hydrogen (secondary N) is 2. The van der Waals surface area contributed by atoms with Crippen molar-refractivity contribution < 1.29 is 18.0 Å². The van der Waals surface area contributed by atoms with Crippen LogP contribution in [0.3, 0.4) is 0 Å². The monoisotopic (exact) mass is 305 g/mol. The lowest BCUT2D eigenvalue weighted by Gasteiger charge is -2.31. The molecule has 7 nitrogen and oxygen atoms in total. The first-order chi connectivity index (χ1) is 9.26. The highest BCUT2D eigenvalue weighted by Crippen LogP contribution is 2.14. The van der Waals surface area contributed by atoms with Crippen LogP contribution < -0.4 is 10.6 Å². The Hall–Kier alpha value is -1.15. The fraction of sp³-hybridized carbons (Fsp3) is 0.833. The summed E-state index contributed by atoms with van der Waals surface area (Å²) in [6.07, 6.45) is 1.19. The second kappa shape index (κ2) is 7.03. The van der Waals surface area contributed by atoms with Crippen LogP contribution in [0.15, 0.2) is 0 Å². The van der Waals surface area contributed by atoms with Crippen molar-refractivity contribution in [2.24, 2.45) is 0 Å². The smallest absolute Gasteiger partial charge is 0.242 e. The zero-order valence-corrected chi connectivity index (χ0v) is 13.0. The van der Waals surface area contributed by atoms with E-state index in [1.807, 2.05) is 0 Å². The quantitative estimate of drug-likeness (QED) is 0.712. The van der Waals surface area contributed by atoms with E-state index in [0.717, 1.165) is 0 Å². The standard InChI is InChI=1S/C12H23N3O4S/c1-4-20(18,19)15-7-5-11(6-8-15)14-12(17)9(2)13-10(3)16/h9,11H,4-8H2,1-3H3,(H,13,16)(H,14,17)/t9-/m0/s1. The topological polar surface area (TPSA) is 95.6 Å². The molecule has 0 aliphatic carbocycles. The van der Waals surface area contributed by atoms with Crippen molar-refractivity contribution in [2.45, 2.75) is 45.7 Å². The lowest BCUT2D eigenvalue weighted by Crippen LogP contribution is -2.51. The molecule has 1 fully saturated rings. The molecule has 116 valence electrons. The molecule has 1 heterocycles. The van der Waals surface area contributed by atoms with E-state index in [4.69, 9.17) is 0 Å². The van der Waals surface area contributed by atoms with Crippen molar-refractivity contribution >= 4 is 21.8 Å². The molecule has 0 unspecified atom stereocenters. The van der Waals surface area contributed by atoms with Gasteiger partial charge in [-0.1, -0.05) is 0 Å². The number of carbonyl (C=O) groups excluding carboxylic acids is 2. The molecule has 20 heavy (non-hydrogen) atoms. The highest BCUT2D eigenvalue weighted by atomic mass is 32.2. The van der Waals surface area contributed by atoms with E-state index in [1.165, 1.54) is 11.2 Å². The molecule has 8 heteroatoms. The van der Waals surface area contributed by atoms with E-state index in [9.17, 15) is 18.0 Å². The maximum absolute atomic E-state index is 11.8. The van der Waals surface area contributed by atoms with Gasteiger partial charge in [0.15, 0.2) is 0 Å². The molecule has 0 spiro atoms. The maximum Gasteiger partial charge on any atom is 0.242 e. The van der Waals surface area contributed by atoms with Crippen LogP contribution in [0.1, 0.15) is 33.6 Å². The summed E-state index contributed by atoms with van der Waals surface area (Å²) in [7, 11) is -3.14. The van der Waals surface area contributed by atoms with Gasteiger partial charge in [0.2, 0.25) is 21.8 Å². The van der Waals surface area contributed by atoms with E-state index in [2.05, 4.69) is 10.6 Å². The van der Waals surface area contributed by atoms with Crippen LogP contribution in [0.5, 0.6) is 0 Å². The number of amides is 2. The van der Waals surface area contributed by atoms with Crippen LogP contribution in [0.2, 0.25) is 0 Å². The van der Waals surface area contributed by atoms with Crippen molar-refractivity contribution in [3.8, 4) is 0 Å². The van der Waals surface area contributed by atoms with Crippen LogP contribution in [-0.4, -0.2) is 55.5 Å². The largest absolute Gasteiger partial charge is 0.351 e. The van der Waals surface area contributed by atoms with E-state index in [0.29, 0.717) is 25.9 Å². The lowest BCUT2D eigenvalue weighted by atomic mass is 10.1. The van der Waals surface area contributed by atoms with Crippen LogP contribution >= 0.6 is 0 Å². The molecule has 1 saturated heterocycles. The molecule has 1 rings (SSSR count). The summed E-state index contributed by atoms with van der Waals surface area (Å²) >= 11 is 0. The Morgan fingerprint density at radius 2 is 1.85 bits per heavy atom. The van der Waals surface area contributed by atoms with Crippen molar-refractivity contribution in [3.05, 3.63) is 0 Å². The van der Waals surface area contributed by atoms with E-state index in [-0.39, 0.29) is 23.6 Å². The van der Waals surface area contributed by atoms with Gasteiger partial charge < -0.3 is 10.6 Å². The van der Waals surface area contributed by atoms with Crippen LogP contribution in [0, 0.1) is 0 Å². The average Bonchev–Trinajstić information content (AvgIpc) is 2.38. The molecule has 0 aromatic carbocycles. The SMILES string of the molecule is CCS(=O)(=O)N1CCC(NC(=O)[C@H](C)NC(C)=O)CC1. The normalized spacial score (nSPS) is 19.4. The summed E-state index contributed by atoms with van der Waals surface area (Å²) < 4.78 is 24.9. The Balaban J connectivity index is 2.43. The first kappa shape index (κ1) is 16.9. The van der Waals surface area contributed by atoms with E-state index < -0.39 is 16.1 Å². The van der Waals surface area contributed by atoms with E-state index in [1.54, 1.807) is 13.8 Å². The summed E-state index contributed by atoms with van der Waals surface area (Å²) in [5.41, 5.74) is 0. The minimum absolute atomic E-state index is 0.0398. The van der Waals surface area contributed by atoms with Gasteiger partial charge in [-0.15, -0.1) is 0 Å². The zero-order valence-electron chi connectivity index (χ0n) is 12.2. The van der Waals surface area contributed by atoms with Gasteiger partial charge in [-0.05, 0) is 26.7 Å². The molecule has 2 amide bonds. The predicted octanol–water partition coefficient (Wildman–Crippen LogP) is -0.559. The van der Waals surface area contributed by atoms with Gasteiger partial charge in [0, 0.05) is 26.1 Å². The summed E-state index contributed by atoms with van der Waals surface area (Å²) in [4.78, 5) is 22.7. The van der Waals surface area contributed by atoms with Gasteiger partial charge >= 0.3 is 0 Å². The molecule has 1 aliphatic rings. The highest BCUT2D eigenvalue weighted by molar-refractivity contribution is 7.89. The second-order valence-corrected chi connectivity index (χ2v) is 7.26. The van der Waals surface area contributed by atoms with Crippen LogP contribution in [0.4, 0.5) is 0 Å². The van der Waals surface area contributed by atoms with Gasteiger partial charge in [-0.2, -0.15) is 0 Å². The van der Waals surface area contributed by atoms with Crippen LogP contribution in [-0.2, 0) is 19.6 Å². The Morgan fingerprint density at radius 1 is 1.30 bits per heavy atom. The fourth-order valence-electron chi connectivity index (χ4n) is 2.16. The number of hydrogen-bond acceptors (Lipinski definition) is 4. The number of rotatable bonds is 5. The predicted molar refractivity (Wildman–Crippen MR) is 75.5 cm³/mol. The molecule has 0 radical (unpaired) electrons. The molecule has 0 aromatic rings. The fourth-order valence-corrected chi connectivity index (χ4v) is 3.29. The van der Waals surface area contributed by atoms with Crippen molar-refractivity contribution in [1.29, 1.82) is 0 Å². The molecule has 0 saturated carbocycles. The minimum Gasteiger partial charge on any atom is -0.351 e. The molecule has 1 aliphatic heterocycles. The zero-order chi connectivity index (χ0) is 15.3. The summed E-state index contributed by atoms with van der Waals surface area (Å²) in [6, 6.07) is -0.619. The van der Waals surface area contributed by atoms with Gasteiger partial charge in [0.1, 0.15) is 6.04 Å². The Bertz CT molecular complexity index is 455. The van der Waals surface area contributed by atoms with Crippen LogP contribution in [0.25, 0.3) is 0 Å². The number of piperidine rings is 1. The first-order valence-corrected chi connectivity index (χ1v) is 8.42. The molecule has 1 atom stereocenters. The Morgan fingerprint density at radius 3 is 2.30 bits per heavy atom. The number of sulfonamides is 1. The van der Waals surface area contributed by atoms with E-state index >= 15 is 0 Å². The number of nitrogens with zero attached hydrogens (tertiary/aromatic N) is 1. The van der Waals surface area contributed by atoms with Crippen molar-refractivity contribution in [2.75, 3.05) is 18.8 Å². The maximum atomic E-state index is 11.8. The molecular weight excluding hydrogens is 282 g/mol. The number of hydrogen-bond donors (Lipinski definition) is 2.